The fourth-order valence-corrected chi connectivity index (χ4v) is 9.06. The Morgan fingerprint density at radius 3 is 1.07 bits per heavy atom. The number of halogens is 17. The van der Waals surface area contributed by atoms with Gasteiger partial charge >= 0.3 is 31.0 Å². The molecule has 2 aliphatic heterocycles. The molecule has 0 spiro atoms. The third kappa shape index (κ3) is 4.09. The lowest BCUT2D eigenvalue weighted by molar-refractivity contribution is -0.387. The Balaban J connectivity index is 2.15. The summed E-state index contributed by atoms with van der Waals surface area (Å²) in [7, 11) is -4.03. The van der Waals surface area contributed by atoms with Crippen molar-refractivity contribution in [3.05, 3.63) is 88.7 Å². The van der Waals surface area contributed by atoms with Crippen molar-refractivity contribution in [2.75, 3.05) is 0 Å². The monoisotopic (exact) mass is 693 g/mol. The normalized spacial score (nSPS) is 22.8. The quantitative estimate of drug-likeness (QED) is 0.0873. The van der Waals surface area contributed by atoms with E-state index in [0.29, 0.717) is 36.4 Å². The van der Waals surface area contributed by atoms with Gasteiger partial charge in [0.25, 0.3) is 0 Å². The summed E-state index contributed by atoms with van der Waals surface area (Å²) in [6.07, 6.45) is -34.1. The summed E-state index contributed by atoms with van der Waals surface area (Å²) in [4.78, 5) is 0. The van der Waals surface area contributed by atoms with Crippen LogP contribution in [0.3, 0.4) is 0 Å². The molecule has 0 saturated carbocycles. The molecule has 0 saturated heterocycles. The predicted octanol–water partition coefficient (Wildman–Crippen LogP) is 7.36. The summed E-state index contributed by atoms with van der Waals surface area (Å²) in [5.74, 6) is -16.2. The predicted molar refractivity (Wildman–Crippen MR) is 120 cm³/mol. The summed E-state index contributed by atoms with van der Waals surface area (Å²) in [6.45, 7) is 0. The van der Waals surface area contributed by atoms with Crippen LogP contribution in [-0.2, 0) is 20.5 Å². The molecule has 2 heterocycles. The van der Waals surface area contributed by atoms with Crippen molar-refractivity contribution in [1.82, 2.24) is 0 Å². The average Bonchev–Trinajstić information content (AvgIpc) is 2.91. The van der Waals surface area contributed by atoms with Crippen LogP contribution in [0.4, 0.5) is 74.6 Å². The van der Waals surface area contributed by atoms with Crippen molar-refractivity contribution < 1.29 is 83.9 Å². The van der Waals surface area contributed by atoms with Gasteiger partial charge in [0.15, 0.2) is 17.5 Å². The van der Waals surface area contributed by atoms with E-state index in [-0.39, 0.29) is 12.1 Å². The number of hydrogen-bond donors (Lipinski definition) is 0. The summed E-state index contributed by atoms with van der Waals surface area (Å²) in [6, 6.07) is 3.25. The highest BCUT2D eigenvalue weighted by Gasteiger charge is 2.81. The van der Waals surface area contributed by atoms with Crippen LogP contribution in [0.15, 0.2) is 48.5 Å². The van der Waals surface area contributed by atoms with Crippen molar-refractivity contribution in [3.8, 4) is 0 Å². The molecule has 244 valence electrons. The smallest absolute Gasteiger partial charge is 0.427 e. The van der Waals surface area contributed by atoms with Crippen LogP contribution < -0.4 is 16.1 Å². The molecule has 0 bridgehead atoms. The maximum atomic E-state index is 15.4. The minimum Gasteiger partial charge on any atom is -0.538 e. The fourth-order valence-electron chi connectivity index (χ4n) is 5.58. The highest BCUT2D eigenvalue weighted by Crippen LogP contribution is 2.69. The Kier molecular flexibility index (Phi) is 7.17. The molecule has 5 rings (SSSR count). The molecule has 21 heteroatoms. The van der Waals surface area contributed by atoms with Crippen LogP contribution in [0.5, 0.6) is 0 Å². The highest BCUT2D eigenvalue weighted by atomic mass is 31.1. The maximum Gasteiger partial charge on any atom is 0.427 e. The van der Waals surface area contributed by atoms with Gasteiger partial charge in [-0.1, -0.05) is 54.0 Å². The third-order valence-electron chi connectivity index (χ3n) is 7.30. The molecule has 0 fully saturated rings. The molecule has 0 aromatic heterocycles. The molecule has 0 unspecified atom stereocenters. The number of hydrogen-bond acceptors (Lipinski definition) is 2. The Bertz CT molecular complexity index is 1550. The van der Waals surface area contributed by atoms with E-state index in [0.717, 1.165) is 0 Å². The lowest BCUT2D eigenvalue weighted by Crippen LogP contribution is -2.77. The number of fused-ring (bicyclic) bond motifs is 5. The zero-order valence-corrected chi connectivity index (χ0v) is 21.8. The van der Waals surface area contributed by atoms with Gasteiger partial charge in [-0.3, -0.25) is 0 Å². The van der Waals surface area contributed by atoms with Crippen LogP contribution in [0.25, 0.3) is 0 Å². The second kappa shape index (κ2) is 9.70. The van der Waals surface area contributed by atoms with Crippen LogP contribution in [-0.4, -0.2) is 31.0 Å². The van der Waals surface area contributed by atoms with E-state index >= 15 is 8.78 Å². The van der Waals surface area contributed by atoms with Gasteiger partial charge in [-0.25, -0.2) is 22.0 Å². The topological polar surface area (TPSA) is 18.5 Å². The molecule has 2 nitrogen and oxygen atoms in total. The number of benzene rings is 3. The molecule has 0 aliphatic carbocycles. The fraction of sp³-hybridized carbons (Fsp3) is 0.250. The molecule has 3 aromatic rings. The first kappa shape index (κ1) is 33.3. The van der Waals surface area contributed by atoms with Crippen molar-refractivity contribution >= 4 is 30.1 Å². The Hall–Kier alpha value is -3.12. The molecule has 2 aliphatic rings. The summed E-state index contributed by atoms with van der Waals surface area (Å²) >= 11 is 0. The lowest BCUT2D eigenvalue weighted by Gasteiger charge is -2.65. The largest absolute Gasteiger partial charge is 0.538 e. The zero-order valence-electron chi connectivity index (χ0n) is 20.9. The Morgan fingerprint density at radius 1 is 0.467 bits per heavy atom. The first-order valence-corrected chi connectivity index (χ1v) is 13.2. The van der Waals surface area contributed by atoms with Crippen molar-refractivity contribution in [3.63, 3.8) is 0 Å². The van der Waals surface area contributed by atoms with Gasteiger partial charge in [0.1, 0.15) is 11.6 Å². The van der Waals surface area contributed by atoms with Crippen molar-refractivity contribution in [1.29, 1.82) is 0 Å². The number of alkyl halides is 12. The van der Waals surface area contributed by atoms with Gasteiger partial charge in [0.2, 0.25) is 11.2 Å². The Labute approximate surface area is 239 Å². The van der Waals surface area contributed by atoms with E-state index in [1.165, 1.54) is 0 Å². The molecule has 0 atom stereocenters. The van der Waals surface area contributed by atoms with E-state index in [9.17, 15) is 65.9 Å². The van der Waals surface area contributed by atoms with Gasteiger partial charge in [0, 0.05) is 11.1 Å². The first-order valence-electron chi connectivity index (χ1n) is 11.7. The average molecular weight is 693 g/mol. The SMILES string of the molecule is Fc1c(F)c(F)c([B-]23OC(C(F)(F)F)(C(F)(F)F)c4ccccc4P2c2ccccc2C(C(F)(F)F)(C(F)(F)F)O3)c(F)c1F. The van der Waals surface area contributed by atoms with E-state index in [1.807, 2.05) is 0 Å². The Morgan fingerprint density at radius 2 is 0.756 bits per heavy atom. The summed E-state index contributed by atoms with van der Waals surface area (Å²) in [5.41, 5.74) is -19.1. The zero-order chi connectivity index (χ0) is 33.9. The highest BCUT2D eigenvalue weighted by molar-refractivity contribution is 8.05. The van der Waals surface area contributed by atoms with Gasteiger partial charge in [-0.2, -0.15) is 52.7 Å². The molecule has 45 heavy (non-hydrogen) atoms. The second-order valence-electron chi connectivity index (χ2n) is 9.65. The van der Waals surface area contributed by atoms with E-state index < -0.39 is 106 Å². The lowest BCUT2D eigenvalue weighted by atomic mass is 9.70. The molecule has 0 N–H and O–H groups in total. The van der Waals surface area contributed by atoms with Crippen LogP contribution in [0.1, 0.15) is 11.1 Å². The van der Waals surface area contributed by atoms with Gasteiger partial charge in [-0.05, 0) is 10.6 Å². The van der Waals surface area contributed by atoms with Gasteiger partial charge < -0.3 is 9.31 Å². The molecule has 0 radical (unpaired) electrons. The molecule has 3 aromatic carbocycles. The van der Waals surface area contributed by atoms with E-state index in [1.54, 1.807) is 0 Å². The standard InChI is InChI=1S/C24H8BF17O2P/c26-14-13(15(27)17(29)18(30)16(14)28)25-43-19(21(31,32)33,22(34,35)36)9-5-1-3-7-11(9)45(25)12-8-4-2-6-10(12)20(44-25,23(37,38)39)24(40,41)42/h1-8H/q-1. The van der Waals surface area contributed by atoms with E-state index in [4.69, 9.17) is 0 Å². The van der Waals surface area contributed by atoms with Gasteiger partial charge in [-0.15, -0.1) is 7.80 Å². The van der Waals surface area contributed by atoms with Gasteiger partial charge in [0.05, 0.1) is 0 Å². The van der Waals surface area contributed by atoms with Crippen molar-refractivity contribution in [2.45, 2.75) is 35.9 Å². The second-order valence-corrected chi connectivity index (χ2v) is 12.0. The van der Waals surface area contributed by atoms with E-state index in [2.05, 4.69) is 9.31 Å². The first-order chi connectivity index (χ1) is 20.4. The molecular weight excluding hydrogens is 685 g/mol. The van der Waals surface area contributed by atoms with Crippen LogP contribution in [0.2, 0.25) is 0 Å². The summed E-state index contributed by atoms with van der Waals surface area (Å²) < 4.78 is 258. The third-order valence-corrected chi connectivity index (χ3v) is 10.3. The molecule has 0 amide bonds. The maximum absolute atomic E-state index is 15.4. The van der Waals surface area contributed by atoms with Crippen molar-refractivity contribution in [2.24, 2.45) is 0 Å². The van der Waals surface area contributed by atoms with Crippen LogP contribution in [0, 0.1) is 29.1 Å². The molecular formula is C24H8BF17O2P-. The summed E-state index contributed by atoms with van der Waals surface area (Å²) in [5, 5.41) is -2.88. The minimum atomic E-state index is -6.93. The minimum absolute atomic E-state index is 0.0785. The van der Waals surface area contributed by atoms with Crippen LogP contribution >= 0.6 is 7.80 Å². The number of rotatable bonds is 1.